The van der Waals surface area contributed by atoms with E-state index in [2.05, 4.69) is 10.3 Å². The van der Waals surface area contributed by atoms with Gasteiger partial charge in [0.15, 0.2) is 0 Å². The van der Waals surface area contributed by atoms with Crippen LogP contribution in [0, 0.1) is 11.6 Å². The summed E-state index contributed by atoms with van der Waals surface area (Å²) in [5.74, 6) is -2.16. The molecule has 1 atom stereocenters. The number of pyridine rings is 1. The number of halogens is 2. The second kappa shape index (κ2) is 11.3. The highest BCUT2D eigenvalue weighted by Crippen LogP contribution is 2.32. The number of ether oxygens (including phenoxy) is 1. The molecule has 1 aliphatic heterocycles. The number of carbonyl (C=O) groups is 2. The van der Waals surface area contributed by atoms with Gasteiger partial charge in [-0.1, -0.05) is 32.1 Å². The van der Waals surface area contributed by atoms with Gasteiger partial charge in [-0.3, -0.25) is 18.9 Å². The van der Waals surface area contributed by atoms with Gasteiger partial charge in [-0.25, -0.2) is 13.6 Å². The smallest absolute Gasteiger partial charge is 0.411 e. The lowest BCUT2D eigenvalue weighted by atomic mass is 9.95. The average molecular weight is 584 g/mol. The van der Waals surface area contributed by atoms with Gasteiger partial charge in [0.2, 0.25) is 0 Å². The molecule has 1 N–H and O–H groups in total. The third kappa shape index (κ3) is 7.61. The number of benzene rings is 1. The number of aromatic nitrogens is 1. The number of hydrogen-bond donors (Lipinski definition) is 1. The summed E-state index contributed by atoms with van der Waals surface area (Å²) in [5.41, 5.74) is 0.257. The number of nitrogens with zero attached hydrogens (tertiary/aromatic N) is 2. The van der Waals surface area contributed by atoms with Crippen molar-refractivity contribution in [2.24, 2.45) is 0 Å². The van der Waals surface area contributed by atoms with Gasteiger partial charge in [0, 0.05) is 35.1 Å². The predicted molar refractivity (Wildman–Crippen MR) is 146 cm³/mol. The Morgan fingerprint density at radius 3 is 2.33 bits per heavy atom. The van der Waals surface area contributed by atoms with E-state index < -0.39 is 53.5 Å². The third-order valence-corrected chi connectivity index (χ3v) is 10.6. The second-order valence-corrected chi connectivity index (χ2v) is 17.8. The molecule has 2 aromatic rings. The van der Waals surface area contributed by atoms with E-state index in [1.807, 2.05) is 20.0 Å². The maximum Gasteiger partial charge on any atom is 0.411 e. The molecule has 0 saturated carbocycles. The van der Waals surface area contributed by atoms with E-state index in [4.69, 9.17) is 8.92 Å². The molecule has 2 amide bonds. The van der Waals surface area contributed by atoms with Gasteiger partial charge in [-0.05, 0) is 39.0 Å². The Bertz CT molecular complexity index is 1360. The number of nitrogens with one attached hydrogen (secondary N) is 1. The number of hydrogen-bond acceptors (Lipinski definition) is 7. The third-order valence-electron chi connectivity index (χ3n) is 6.43. The van der Waals surface area contributed by atoms with Crippen molar-refractivity contribution < 1.29 is 35.7 Å². The summed E-state index contributed by atoms with van der Waals surface area (Å²) < 4.78 is 63.1. The maximum atomic E-state index is 15.0. The lowest BCUT2D eigenvalue weighted by Gasteiger charge is -2.36. The molecule has 3 rings (SSSR count). The molecule has 39 heavy (non-hydrogen) atoms. The van der Waals surface area contributed by atoms with Crippen LogP contribution in [0.25, 0.3) is 0 Å². The summed E-state index contributed by atoms with van der Waals surface area (Å²) in [5, 5.41) is 2.62. The van der Waals surface area contributed by atoms with E-state index in [0.29, 0.717) is 23.0 Å². The van der Waals surface area contributed by atoms with Crippen molar-refractivity contribution in [2.75, 3.05) is 18.1 Å². The van der Waals surface area contributed by atoms with E-state index in [0.717, 1.165) is 18.4 Å². The van der Waals surface area contributed by atoms with Crippen LogP contribution < -0.4 is 10.5 Å². The summed E-state index contributed by atoms with van der Waals surface area (Å²) in [7, 11) is -6.04. The first-order chi connectivity index (χ1) is 17.9. The Labute approximate surface area is 229 Å². The number of carbonyl (C=O) groups excluding carboxylic acids is 2. The van der Waals surface area contributed by atoms with Crippen LogP contribution in [-0.2, 0) is 36.9 Å². The minimum atomic E-state index is -3.69. The molecular weight excluding hydrogens is 548 g/mol. The maximum absolute atomic E-state index is 15.0. The van der Waals surface area contributed by atoms with Gasteiger partial charge in [0.1, 0.15) is 29.9 Å². The van der Waals surface area contributed by atoms with Crippen LogP contribution in [0.3, 0.4) is 0 Å². The van der Waals surface area contributed by atoms with Crippen LogP contribution in [0.1, 0.15) is 50.7 Å². The Kier molecular flexibility index (Phi) is 8.87. The van der Waals surface area contributed by atoms with Gasteiger partial charge in [-0.2, -0.15) is 8.42 Å². The molecule has 0 spiro atoms. The molecule has 1 unspecified atom stereocenters. The Balaban J connectivity index is 1.98. The van der Waals surface area contributed by atoms with Crippen molar-refractivity contribution in [3.05, 3.63) is 52.9 Å². The number of rotatable bonds is 7. The molecule has 0 aliphatic carbocycles. The molecule has 0 saturated heterocycles. The van der Waals surface area contributed by atoms with Gasteiger partial charge in [0.25, 0.3) is 16.0 Å². The summed E-state index contributed by atoms with van der Waals surface area (Å²) >= 11 is 0. The number of anilines is 1. The Hall–Kier alpha value is -2.90. The van der Waals surface area contributed by atoms with E-state index in [1.54, 1.807) is 26.8 Å². The van der Waals surface area contributed by atoms with Gasteiger partial charge in [0.05, 0.1) is 20.0 Å². The molecule has 0 fully saturated rings. The van der Waals surface area contributed by atoms with Crippen molar-refractivity contribution in [1.82, 2.24) is 9.88 Å². The highest BCUT2D eigenvalue weighted by atomic mass is 32.2. The largest absolute Gasteiger partial charge is 0.444 e. The minimum absolute atomic E-state index is 0.0643. The van der Waals surface area contributed by atoms with Crippen molar-refractivity contribution in [1.29, 1.82) is 0 Å². The molecule has 13 heteroatoms. The quantitative estimate of drug-likeness (QED) is 0.383. The highest BCUT2D eigenvalue weighted by molar-refractivity contribution is 7.85. The van der Waals surface area contributed by atoms with Crippen LogP contribution in [0.4, 0.5) is 19.3 Å². The first kappa shape index (κ1) is 30.6. The molecule has 1 aliphatic rings. The molecule has 2 heterocycles. The standard InChI is InChI=1S/C26H35F2N3O6SSi/c1-8-39(6,7)23-19(27)13-17(14-20(23)28)30-24(32)22-18-10-9-16(15-36-38(5,34)35)29-21(18)11-12-31(22)25(33)37-26(2,3)4/h9-10,13-14,22H,8,11-12,15H2,1-7H3,(H,30,32). The molecule has 214 valence electrons. The van der Waals surface area contributed by atoms with E-state index >= 15 is 8.78 Å². The summed E-state index contributed by atoms with van der Waals surface area (Å²) in [6.45, 7) is 10.5. The fraction of sp³-hybridized carbons (Fsp3) is 0.500. The Morgan fingerprint density at radius 2 is 1.79 bits per heavy atom. The summed E-state index contributed by atoms with van der Waals surface area (Å²) in [4.78, 5) is 32.3. The van der Waals surface area contributed by atoms with Crippen LogP contribution >= 0.6 is 0 Å². The number of fused-ring (bicyclic) bond motifs is 1. The Morgan fingerprint density at radius 1 is 1.18 bits per heavy atom. The van der Waals surface area contributed by atoms with Crippen LogP contribution in [0.2, 0.25) is 19.1 Å². The van der Waals surface area contributed by atoms with Gasteiger partial charge >= 0.3 is 6.09 Å². The zero-order valence-corrected chi connectivity index (χ0v) is 25.0. The highest BCUT2D eigenvalue weighted by Gasteiger charge is 2.39. The fourth-order valence-corrected chi connectivity index (χ4v) is 6.38. The minimum Gasteiger partial charge on any atom is -0.444 e. The molecule has 9 nitrogen and oxygen atoms in total. The zero-order valence-electron chi connectivity index (χ0n) is 23.2. The van der Waals surface area contributed by atoms with E-state index in [-0.39, 0.29) is 30.4 Å². The van der Waals surface area contributed by atoms with Crippen LogP contribution in [-0.4, -0.2) is 56.8 Å². The van der Waals surface area contributed by atoms with Gasteiger partial charge in [-0.15, -0.1) is 0 Å². The summed E-state index contributed by atoms with van der Waals surface area (Å²) in [6.07, 6.45) is 0.453. The molecule has 1 aromatic carbocycles. The molecular formula is C26H35F2N3O6SSi. The first-order valence-corrected chi connectivity index (χ1v) is 17.6. The van der Waals surface area contributed by atoms with Crippen molar-refractivity contribution >= 4 is 41.1 Å². The second-order valence-electron chi connectivity index (χ2n) is 11.2. The normalized spacial score (nSPS) is 16.0. The molecule has 0 radical (unpaired) electrons. The van der Waals surface area contributed by atoms with Crippen molar-refractivity contribution in [2.45, 2.75) is 71.5 Å². The van der Waals surface area contributed by atoms with Crippen LogP contribution in [0.5, 0.6) is 0 Å². The lowest BCUT2D eigenvalue weighted by Crippen LogP contribution is -2.47. The fourth-order valence-electron chi connectivity index (χ4n) is 4.26. The predicted octanol–water partition coefficient (Wildman–Crippen LogP) is 4.24. The summed E-state index contributed by atoms with van der Waals surface area (Å²) in [6, 6.07) is 4.66. The SMILES string of the molecule is CC[Si](C)(C)c1c(F)cc(NC(=O)C2c3ccc(COS(C)(=O)=O)nc3CCN2C(=O)OC(C)(C)C)cc1F. The van der Waals surface area contributed by atoms with Crippen LogP contribution in [0.15, 0.2) is 24.3 Å². The van der Waals surface area contributed by atoms with E-state index in [9.17, 15) is 18.0 Å². The van der Waals surface area contributed by atoms with Gasteiger partial charge < -0.3 is 10.1 Å². The topological polar surface area (TPSA) is 115 Å². The van der Waals surface area contributed by atoms with Crippen molar-refractivity contribution in [3.8, 4) is 0 Å². The van der Waals surface area contributed by atoms with Crippen molar-refractivity contribution in [3.63, 3.8) is 0 Å². The number of amides is 2. The first-order valence-electron chi connectivity index (χ1n) is 12.5. The monoisotopic (exact) mass is 583 g/mol. The molecule has 0 bridgehead atoms. The zero-order chi connectivity index (χ0) is 29.3. The lowest BCUT2D eigenvalue weighted by molar-refractivity contribution is -0.122. The average Bonchev–Trinajstić information content (AvgIpc) is 2.79. The van der Waals surface area contributed by atoms with E-state index in [1.165, 1.54) is 11.0 Å². The molecule has 1 aromatic heterocycles.